The van der Waals surface area contributed by atoms with E-state index in [2.05, 4.69) is 9.71 Å². The maximum absolute atomic E-state index is 12.4. The second kappa shape index (κ2) is 5.76. The average molecular weight is 315 g/mol. The lowest BCUT2D eigenvalue weighted by Gasteiger charge is -2.33. The van der Waals surface area contributed by atoms with Crippen molar-refractivity contribution in [3.8, 4) is 0 Å². The molecule has 0 amide bonds. The molecule has 0 aliphatic heterocycles. The van der Waals surface area contributed by atoms with E-state index < -0.39 is 21.5 Å². The molecule has 1 aromatic rings. The number of nitrogens with zero attached hydrogens (tertiary/aromatic N) is 2. The van der Waals surface area contributed by atoms with Gasteiger partial charge in [0, 0.05) is 12.7 Å². The molecule has 1 aliphatic rings. The van der Waals surface area contributed by atoms with Gasteiger partial charge < -0.3 is 9.67 Å². The Morgan fingerprint density at radius 1 is 1.43 bits per heavy atom. The monoisotopic (exact) mass is 315 g/mol. The minimum atomic E-state index is -3.94. The Morgan fingerprint density at radius 2 is 2.05 bits per heavy atom. The first-order chi connectivity index (χ1) is 9.81. The fourth-order valence-corrected chi connectivity index (χ4v) is 4.18. The van der Waals surface area contributed by atoms with E-state index >= 15 is 0 Å². The normalized spacial score (nSPS) is 18.6. The number of aliphatic carboxylic acids is 1. The zero-order valence-corrected chi connectivity index (χ0v) is 13.1. The van der Waals surface area contributed by atoms with Crippen LogP contribution in [0.1, 0.15) is 44.9 Å². The lowest BCUT2D eigenvalue weighted by molar-refractivity contribution is -0.145. The van der Waals surface area contributed by atoms with E-state index in [-0.39, 0.29) is 5.03 Å². The van der Waals surface area contributed by atoms with Crippen LogP contribution in [0.25, 0.3) is 0 Å². The summed E-state index contributed by atoms with van der Waals surface area (Å²) in [4.78, 5) is 15.6. The maximum Gasteiger partial charge on any atom is 0.324 e. The van der Waals surface area contributed by atoms with Gasteiger partial charge in [0.05, 0.1) is 0 Å². The molecule has 1 heterocycles. The van der Waals surface area contributed by atoms with Crippen LogP contribution in [0.5, 0.6) is 0 Å². The van der Waals surface area contributed by atoms with Crippen molar-refractivity contribution in [3.63, 3.8) is 0 Å². The van der Waals surface area contributed by atoms with Gasteiger partial charge in [0.1, 0.15) is 11.4 Å². The van der Waals surface area contributed by atoms with E-state index in [1.54, 1.807) is 11.5 Å². The van der Waals surface area contributed by atoms with Gasteiger partial charge in [-0.15, -0.1) is 0 Å². The first-order valence-corrected chi connectivity index (χ1v) is 8.60. The average Bonchev–Trinajstić information content (AvgIpc) is 2.81. The number of nitrogens with one attached hydrogen (secondary N) is 1. The third-order valence-electron chi connectivity index (χ3n) is 4.02. The molecule has 0 radical (unpaired) electrons. The van der Waals surface area contributed by atoms with Crippen LogP contribution >= 0.6 is 0 Å². The highest BCUT2D eigenvalue weighted by Gasteiger charge is 2.43. The van der Waals surface area contributed by atoms with E-state index in [1.807, 2.05) is 6.92 Å². The number of carbonyl (C=O) groups is 1. The number of aryl methyl sites for hydroxylation is 2. The van der Waals surface area contributed by atoms with Crippen LogP contribution < -0.4 is 4.72 Å². The van der Waals surface area contributed by atoms with E-state index in [1.165, 1.54) is 6.20 Å². The van der Waals surface area contributed by atoms with E-state index in [9.17, 15) is 18.3 Å². The molecule has 1 fully saturated rings. The van der Waals surface area contributed by atoms with Crippen molar-refractivity contribution in [2.45, 2.75) is 63.1 Å². The Hall–Kier alpha value is -1.41. The second-order valence-electron chi connectivity index (χ2n) is 5.47. The fourth-order valence-electron chi connectivity index (χ4n) is 2.75. The molecule has 2 N–H and O–H groups in total. The van der Waals surface area contributed by atoms with Gasteiger partial charge in [0.2, 0.25) is 0 Å². The van der Waals surface area contributed by atoms with Crippen molar-refractivity contribution in [2.24, 2.45) is 0 Å². The summed E-state index contributed by atoms with van der Waals surface area (Å²) in [6.45, 7) is 4.22. The number of carboxylic acids is 1. The van der Waals surface area contributed by atoms with Crippen molar-refractivity contribution in [1.29, 1.82) is 0 Å². The van der Waals surface area contributed by atoms with Crippen LogP contribution in [0.15, 0.2) is 11.2 Å². The predicted molar refractivity (Wildman–Crippen MR) is 76.4 cm³/mol. The van der Waals surface area contributed by atoms with Crippen molar-refractivity contribution < 1.29 is 18.3 Å². The highest BCUT2D eigenvalue weighted by atomic mass is 32.2. The number of hydrogen-bond donors (Lipinski definition) is 2. The lowest BCUT2D eigenvalue weighted by atomic mass is 9.83. The highest BCUT2D eigenvalue weighted by molar-refractivity contribution is 7.89. The number of hydrogen-bond acceptors (Lipinski definition) is 4. The molecule has 1 aromatic heterocycles. The molecule has 2 rings (SSSR count). The van der Waals surface area contributed by atoms with Crippen LogP contribution in [0.2, 0.25) is 0 Å². The first-order valence-electron chi connectivity index (χ1n) is 7.12. The summed E-state index contributed by atoms with van der Waals surface area (Å²) in [5.41, 5.74) is -1.40. The second-order valence-corrected chi connectivity index (χ2v) is 7.10. The molecule has 118 valence electrons. The quantitative estimate of drug-likeness (QED) is 0.852. The van der Waals surface area contributed by atoms with Gasteiger partial charge in [-0.05, 0) is 26.7 Å². The summed E-state index contributed by atoms with van der Waals surface area (Å²) < 4.78 is 29.0. The molecule has 0 unspecified atom stereocenters. The maximum atomic E-state index is 12.4. The van der Waals surface area contributed by atoms with Gasteiger partial charge in [-0.25, -0.2) is 13.4 Å². The van der Waals surface area contributed by atoms with Crippen LogP contribution in [0.4, 0.5) is 0 Å². The van der Waals surface area contributed by atoms with Gasteiger partial charge in [0.25, 0.3) is 10.0 Å². The number of imidazole rings is 1. The number of carboxylic acid groups (broad SMARTS) is 1. The summed E-state index contributed by atoms with van der Waals surface area (Å²) in [7, 11) is -3.94. The van der Waals surface area contributed by atoms with E-state index in [0.29, 0.717) is 38.1 Å². The molecule has 0 saturated heterocycles. The Balaban J connectivity index is 2.32. The fraction of sp³-hybridized carbons (Fsp3) is 0.692. The van der Waals surface area contributed by atoms with Gasteiger partial charge in [0.15, 0.2) is 5.03 Å². The van der Waals surface area contributed by atoms with Crippen LogP contribution in [0, 0.1) is 6.92 Å². The predicted octanol–water partition coefficient (Wildman–Crippen LogP) is 1.28. The molecule has 8 heteroatoms. The van der Waals surface area contributed by atoms with Gasteiger partial charge in [-0.3, -0.25) is 4.79 Å². The standard InChI is InChI=1S/C13H21N3O4S/c1-3-16-9-11(14-10(16)2)21(19,20)15-13(12(17)18)7-5-4-6-8-13/h9,15H,3-8H2,1-2H3,(H,17,18). The number of aromatic nitrogens is 2. The molecular weight excluding hydrogens is 294 g/mol. The molecule has 0 spiro atoms. The van der Waals surface area contributed by atoms with Crippen LogP contribution in [-0.2, 0) is 21.4 Å². The highest BCUT2D eigenvalue weighted by Crippen LogP contribution is 2.30. The lowest BCUT2D eigenvalue weighted by Crippen LogP contribution is -2.55. The molecular formula is C13H21N3O4S. The summed E-state index contributed by atoms with van der Waals surface area (Å²) in [5.74, 6) is -0.525. The molecule has 0 aromatic carbocycles. The van der Waals surface area contributed by atoms with E-state index in [0.717, 1.165) is 6.42 Å². The minimum absolute atomic E-state index is 0.118. The van der Waals surface area contributed by atoms with Crippen LogP contribution in [0.3, 0.4) is 0 Å². The topological polar surface area (TPSA) is 101 Å². The Morgan fingerprint density at radius 3 is 2.52 bits per heavy atom. The van der Waals surface area contributed by atoms with Crippen molar-refractivity contribution in [1.82, 2.24) is 14.3 Å². The molecule has 1 saturated carbocycles. The summed E-state index contributed by atoms with van der Waals surface area (Å²) in [5, 5.41) is 9.33. The van der Waals surface area contributed by atoms with Gasteiger partial charge >= 0.3 is 5.97 Å². The van der Waals surface area contributed by atoms with Crippen molar-refractivity contribution >= 4 is 16.0 Å². The van der Waals surface area contributed by atoms with Gasteiger partial charge in [-0.1, -0.05) is 19.3 Å². The SMILES string of the molecule is CCn1cc(S(=O)(=O)NC2(C(=O)O)CCCCC2)nc1C. The zero-order chi connectivity index (χ0) is 15.7. The van der Waals surface area contributed by atoms with Gasteiger partial charge in [-0.2, -0.15) is 4.72 Å². The smallest absolute Gasteiger partial charge is 0.324 e. The third-order valence-corrected chi connectivity index (χ3v) is 5.42. The Bertz CT molecular complexity index is 630. The first kappa shape index (κ1) is 16.0. The van der Waals surface area contributed by atoms with Crippen LogP contribution in [-0.4, -0.2) is 34.6 Å². The van der Waals surface area contributed by atoms with E-state index in [4.69, 9.17) is 0 Å². The molecule has 1 aliphatic carbocycles. The third kappa shape index (κ3) is 3.11. The Labute approximate surface area is 124 Å². The summed E-state index contributed by atoms with van der Waals surface area (Å²) in [6, 6.07) is 0. The number of sulfonamides is 1. The minimum Gasteiger partial charge on any atom is -0.480 e. The number of rotatable bonds is 5. The van der Waals surface area contributed by atoms with Crippen molar-refractivity contribution in [2.75, 3.05) is 0 Å². The summed E-state index contributed by atoms with van der Waals surface area (Å²) in [6.07, 6.45) is 4.41. The molecule has 7 nitrogen and oxygen atoms in total. The largest absolute Gasteiger partial charge is 0.480 e. The zero-order valence-electron chi connectivity index (χ0n) is 12.3. The van der Waals surface area contributed by atoms with Crippen molar-refractivity contribution in [3.05, 3.63) is 12.0 Å². The molecule has 21 heavy (non-hydrogen) atoms. The molecule has 0 atom stereocenters. The Kier molecular flexibility index (Phi) is 4.38. The summed E-state index contributed by atoms with van der Waals surface area (Å²) >= 11 is 0. The molecule has 0 bridgehead atoms.